The number of para-hydroxylation sites is 3. The zero-order valence-electron chi connectivity index (χ0n) is 20.6. The average Bonchev–Trinajstić information content (AvgIpc) is 3.46. The van der Waals surface area contributed by atoms with Crippen molar-refractivity contribution in [2.45, 2.75) is 32.7 Å². The van der Waals surface area contributed by atoms with E-state index in [-0.39, 0.29) is 24.3 Å². The molecule has 184 valence electrons. The summed E-state index contributed by atoms with van der Waals surface area (Å²) in [6, 6.07) is 25.1. The summed E-state index contributed by atoms with van der Waals surface area (Å²) in [4.78, 5) is 35.0. The predicted molar refractivity (Wildman–Crippen MR) is 142 cm³/mol. The Morgan fingerprint density at radius 3 is 2.44 bits per heavy atom. The fraction of sp³-hybridized carbons (Fsp3) is 0.276. The number of ether oxygens (including phenoxy) is 1. The second-order valence-electron chi connectivity index (χ2n) is 8.85. The predicted octanol–water partition coefficient (Wildman–Crippen LogP) is 5.01. The summed E-state index contributed by atoms with van der Waals surface area (Å²) < 4.78 is 7.52. The van der Waals surface area contributed by atoms with Crippen LogP contribution in [0.2, 0.25) is 0 Å². The van der Waals surface area contributed by atoms with Crippen LogP contribution in [0, 0.1) is 0 Å². The molecule has 1 unspecified atom stereocenters. The van der Waals surface area contributed by atoms with E-state index in [2.05, 4.69) is 0 Å². The smallest absolute Gasteiger partial charge is 0.246 e. The van der Waals surface area contributed by atoms with Gasteiger partial charge < -0.3 is 19.1 Å². The van der Waals surface area contributed by atoms with Gasteiger partial charge in [0.15, 0.2) is 0 Å². The second kappa shape index (κ2) is 10.2. The molecule has 2 heterocycles. The number of aromatic nitrogens is 2. The first-order valence-corrected chi connectivity index (χ1v) is 12.4. The molecule has 0 aliphatic carbocycles. The third kappa shape index (κ3) is 4.56. The van der Waals surface area contributed by atoms with E-state index in [4.69, 9.17) is 9.72 Å². The van der Waals surface area contributed by atoms with Crippen molar-refractivity contribution in [1.82, 2.24) is 9.55 Å². The van der Waals surface area contributed by atoms with Crippen molar-refractivity contribution in [2.24, 2.45) is 0 Å². The molecule has 5 rings (SSSR count). The molecule has 4 aromatic rings. The number of imidazole rings is 1. The molecule has 7 heteroatoms. The largest absolute Gasteiger partial charge is 0.494 e. The quantitative estimate of drug-likeness (QED) is 0.354. The first-order valence-electron chi connectivity index (χ1n) is 12.4. The molecule has 0 bridgehead atoms. The van der Waals surface area contributed by atoms with Gasteiger partial charge in [-0.3, -0.25) is 9.59 Å². The lowest BCUT2D eigenvalue weighted by Crippen LogP contribution is -2.34. The van der Waals surface area contributed by atoms with Gasteiger partial charge in [0.25, 0.3) is 0 Å². The van der Waals surface area contributed by atoms with Crippen LogP contribution >= 0.6 is 0 Å². The highest BCUT2D eigenvalue weighted by molar-refractivity contribution is 5.97. The van der Waals surface area contributed by atoms with Crippen molar-refractivity contribution in [2.75, 3.05) is 29.5 Å². The molecule has 0 radical (unpaired) electrons. The fourth-order valence-corrected chi connectivity index (χ4v) is 4.92. The number of nitrogens with zero attached hydrogens (tertiary/aromatic N) is 4. The summed E-state index contributed by atoms with van der Waals surface area (Å²) in [6.45, 7) is 5.75. The molecule has 7 nitrogen and oxygen atoms in total. The molecule has 0 spiro atoms. The highest BCUT2D eigenvalue weighted by Crippen LogP contribution is 2.34. The van der Waals surface area contributed by atoms with Crippen molar-refractivity contribution >= 4 is 34.2 Å². The minimum Gasteiger partial charge on any atom is -0.494 e. The Hall–Kier alpha value is -4.13. The summed E-state index contributed by atoms with van der Waals surface area (Å²) in [7, 11) is 0. The minimum absolute atomic E-state index is 0.0132. The molecule has 1 aliphatic rings. The summed E-state index contributed by atoms with van der Waals surface area (Å²) >= 11 is 0. The highest BCUT2D eigenvalue weighted by Gasteiger charge is 2.35. The van der Waals surface area contributed by atoms with Crippen molar-refractivity contribution in [3.63, 3.8) is 0 Å². The maximum Gasteiger partial charge on any atom is 0.246 e. The van der Waals surface area contributed by atoms with Gasteiger partial charge in [-0.15, -0.1) is 0 Å². The van der Waals surface area contributed by atoms with E-state index in [0.717, 1.165) is 34.0 Å². The number of benzene rings is 3. The van der Waals surface area contributed by atoms with Gasteiger partial charge in [-0.25, -0.2) is 4.98 Å². The van der Waals surface area contributed by atoms with Crippen LogP contribution in [-0.4, -0.2) is 41.1 Å². The third-order valence-corrected chi connectivity index (χ3v) is 6.61. The van der Waals surface area contributed by atoms with Crippen LogP contribution in [-0.2, 0) is 16.1 Å². The Bertz CT molecular complexity index is 1360. The Morgan fingerprint density at radius 2 is 1.72 bits per heavy atom. The number of fused-ring (bicyclic) bond motifs is 1. The second-order valence-corrected chi connectivity index (χ2v) is 8.85. The number of rotatable bonds is 8. The van der Waals surface area contributed by atoms with Gasteiger partial charge in [0.2, 0.25) is 11.8 Å². The lowest BCUT2D eigenvalue weighted by molar-refractivity contribution is -0.119. The molecule has 1 atom stereocenters. The number of hydrogen-bond acceptors (Lipinski definition) is 4. The van der Waals surface area contributed by atoms with E-state index >= 15 is 0 Å². The Balaban J connectivity index is 1.44. The molecule has 1 fully saturated rings. The summed E-state index contributed by atoms with van der Waals surface area (Å²) in [5.74, 6) is 1.48. The van der Waals surface area contributed by atoms with Crippen molar-refractivity contribution in [1.29, 1.82) is 0 Å². The molecule has 0 N–H and O–H groups in total. The fourth-order valence-electron chi connectivity index (χ4n) is 4.92. The summed E-state index contributed by atoms with van der Waals surface area (Å²) in [6.07, 6.45) is 0.348. The average molecular weight is 483 g/mol. The molecule has 36 heavy (non-hydrogen) atoms. The van der Waals surface area contributed by atoms with Gasteiger partial charge >= 0.3 is 0 Å². The van der Waals surface area contributed by atoms with E-state index in [0.29, 0.717) is 26.1 Å². The molecule has 3 aromatic carbocycles. The molecular formula is C29H30N4O3. The van der Waals surface area contributed by atoms with E-state index in [1.54, 1.807) is 9.80 Å². The zero-order chi connectivity index (χ0) is 25.1. The number of anilines is 2. The SMILES string of the molecule is CCOc1ccc(N2CC(c3nc4ccccc4n3CC(=O)N(CC)c3ccccc3)CC2=O)cc1. The molecular weight excluding hydrogens is 452 g/mol. The topological polar surface area (TPSA) is 67.7 Å². The van der Waals surface area contributed by atoms with E-state index in [1.165, 1.54) is 0 Å². The van der Waals surface area contributed by atoms with Crippen LogP contribution in [0.3, 0.4) is 0 Å². The molecule has 1 aliphatic heterocycles. The monoisotopic (exact) mass is 482 g/mol. The molecule has 1 saturated heterocycles. The number of carbonyl (C=O) groups excluding carboxylic acids is 2. The summed E-state index contributed by atoms with van der Waals surface area (Å²) in [5.41, 5.74) is 3.44. The summed E-state index contributed by atoms with van der Waals surface area (Å²) in [5, 5.41) is 0. The Kier molecular flexibility index (Phi) is 6.71. The van der Waals surface area contributed by atoms with Crippen molar-refractivity contribution < 1.29 is 14.3 Å². The van der Waals surface area contributed by atoms with Gasteiger partial charge in [0.05, 0.1) is 17.6 Å². The highest BCUT2D eigenvalue weighted by atomic mass is 16.5. The maximum atomic E-state index is 13.5. The number of likely N-dealkylation sites (N-methyl/N-ethyl adjacent to an activating group) is 1. The Labute approximate surface area is 210 Å². The standard InChI is InChI=1S/C29H30N4O3/c1-3-31(22-10-6-5-7-11-22)28(35)20-33-26-13-9-8-12-25(26)30-29(33)21-18-27(34)32(19-21)23-14-16-24(17-15-23)36-4-2/h5-17,21H,3-4,18-20H2,1-2H3. The van der Waals surface area contributed by atoms with Crippen LogP contribution in [0.25, 0.3) is 11.0 Å². The van der Waals surface area contributed by atoms with Gasteiger partial charge in [-0.1, -0.05) is 30.3 Å². The number of amides is 2. The van der Waals surface area contributed by atoms with E-state index in [9.17, 15) is 9.59 Å². The number of carbonyl (C=O) groups is 2. The maximum absolute atomic E-state index is 13.5. The molecule has 1 aromatic heterocycles. The van der Waals surface area contributed by atoms with E-state index < -0.39 is 0 Å². The first kappa shape index (κ1) is 23.6. The lowest BCUT2D eigenvalue weighted by atomic mass is 10.1. The van der Waals surface area contributed by atoms with E-state index in [1.807, 2.05) is 97.3 Å². The Morgan fingerprint density at radius 1 is 1.00 bits per heavy atom. The lowest BCUT2D eigenvalue weighted by Gasteiger charge is -2.23. The van der Waals surface area contributed by atoms with Crippen LogP contribution in [0.15, 0.2) is 78.9 Å². The van der Waals surface area contributed by atoms with Gasteiger partial charge in [0, 0.05) is 36.8 Å². The van der Waals surface area contributed by atoms with Crippen molar-refractivity contribution in [3.05, 3.63) is 84.7 Å². The number of hydrogen-bond donors (Lipinski definition) is 0. The van der Waals surface area contributed by atoms with Gasteiger partial charge in [-0.2, -0.15) is 0 Å². The van der Waals surface area contributed by atoms with Crippen LogP contribution in [0.1, 0.15) is 32.0 Å². The van der Waals surface area contributed by atoms with Gasteiger partial charge in [-0.05, 0) is 62.4 Å². The normalized spacial score (nSPS) is 15.4. The van der Waals surface area contributed by atoms with Crippen molar-refractivity contribution in [3.8, 4) is 5.75 Å². The van der Waals surface area contributed by atoms with Crippen LogP contribution in [0.5, 0.6) is 5.75 Å². The minimum atomic E-state index is -0.115. The van der Waals surface area contributed by atoms with Gasteiger partial charge in [0.1, 0.15) is 18.1 Å². The van der Waals surface area contributed by atoms with Crippen LogP contribution in [0.4, 0.5) is 11.4 Å². The molecule has 2 amide bonds. The zero-order valence-corrected chi connectivity index (χ0v) is 20.6. The first-order chi connectivity index (χ1) is 17.6. The molecule has 0 saturated carbocycles. The third-order valence-electron chi connectivity index (χ3n) is 6.61. The van der Waals surface area contributed by atoms with Crippen LogP contribution < -0.4 is 14.5 Å².